The fourth-order valence-corrected chi connectivity index (χ4v) is 2.42. The van der Waals surface area contributed by atoms with Crippen molar-refractivity contribution in [2.24, 2.45) is 0 Å². The van der Waals surface area contributed by atoms with Crippen LogP contribution in [0.4, 0.5) is 0 Å². The van der Waals surface area contributed by atoms with E-state index in [1.807, 2.05) is 0 Å². The van der Waals surface area contributed by atoms with E-state index in [1.54, 1.807) is 13.8 Å². The van der Waals surface area contributed by atoms with Crippen LogP contribution in [0.25, 0.3) is 0 Å². The van der Waals surface area contributed by atoms with Crippen molar-refractivity contribution in [3.63, 3.8) is 0 Å². The van der Waals surface area contributed by atoms with Crippen LogP contribution in [0.3, 0.4) is 0 Å². The van der Waals surface area contributed by atoms with Crippen molar-refractivity contribution in [2.75, 3.05) is 20.8 Å². The minimum atomic E-state index is -0.922. The third-order valence-corrected chi connectivity index (χ3v) is 3.64. The molecule has 0 spiro atoms. The third kappa shape index (κ3) is 1.03. The summed E-state index contributed by atoms with van der Waals surface area (Å²) in [7, 11) is 2.81. The van der Waals surface area contributed by atoms with Crippen LogP contribution in [0, 0.1) is 0 Å². The summed E-state index contributed by atoms with van der Waals surface area (Å²) >= 11 is 0. The van der Waals surface area contributed by atoms with E-state index < -0.39 is 17.1 Å². The molecule has 2 fully saturated rings. The van der Waals surface area contributed by atoms with Crippen molar-refractivity contribution in [2.45, 2.75) is 31.2 Å². The zero-order chi connectivity index (χ0) is 12.1. The molecule has 0 bridgehead atoms. The smallest absolute Gasteiger partial charge is 0.332 e. The van der Waals surface area contributed by atoms with Gasteiger partial charge in [0.1, 0.15) is 6.17 Å². The van der Waals surface area contributed by atoms with E-state index >= 15 is 0 Å². The molecular weight excluding hydrogens is 212 g/mol. The van der Waals surface area contributed by atoms with Crippen molar-refractivity contribution < 1.29 is 19.1 Å². The Bertz CT molecular complexity index is 359. The predicted octanol–water partition coefficient (Wildman–Crippen LogP) is -0.905. The minimum Gasteiger partial charge on any atom is -0.467 e. The van der Waals surface area contributed by atoms with E-state index in [-0.39, 0.29) is 12.1 Å². The number of esters is 1. The van der Waals surface area contributed by atoms with E-state index in [2.05, 4.69) is 5.32 Å². The second-order valence-electron chi connectivity index (χ2n) is 4.54. The Morgan fingerprint density at radius 2 is 2.12 bits per heavy atom. The summed E-state index contributed by atoms with van der Waals surface area (Å²) in [6, 6.07) is 0. The molecule has 2 heterocycles. The van der Waals surface area contributed by atoms with Gasteiger partial charge in [0.25, 0.3) is 5.91 Å². The minimum absolute atomic E-state index is 0.182. The molecule has 0 aromatic rings. The Morgan fingerprint density at radius 3 is 2.62 bits per heavy atom. The lowest BCUT2D eigenvalue weighted by molar-refractivity contribution is -0.204. The zero-order valence-electron chi connectivity index (χ0n) is 9.86. The number of ether oxygens (including phenoxy) is 2. The van der Waals surface area contributed by atoms with Crippen molar-refractivity contribution >= 4 is 11.9 Å². The Balaban J connectivity index is 2.28. The van der Waals surface area contributed by atoms with Crippen molar-refractivity contribution in [3.8, 4) is 0 Å². The highest BCUT2D eigenvalue weighted by molar-refractivity contribution is 5.98. The fourth-order valence-electron chi connectivity index (χ4n) is 2.42. The summed E-state index contributed by atoms with van der Waals surface area (Å²) in [4.78, 5) is 25.2. The van der Waals surface area contributed by atoms with Crippen LogP contribution in [0.15, 0.2) is 0 Å². The SMILES string of the molecule is COC(=O)[C@]1(C)CN[C@@H]2N1C(=O)[C@@]2(C)OC. The molecule has 0 aromatic heterocycles. The number of amides is 1. The first kappa shape index (κ1) is 11.3. The lowest BCUT2D eigenvalue weighted by Crippen LogP contribution is -2.77. The first-order valence-electron chi connectivity index (χ1n) is 5.12. The number of fused-ring (bicyclic) bond motifs is 1. The topological polar surface area (TPSA) is 67.9 Å². The number of hydrogen-bond acceptors (Lipinski definition) is 5. The molecule has 6 heteroatoms. The molecule has 0 saturated carbocycles. The highest BCUT2D eigenvalue weighted by Crippen LogP contribution is 2.42. The lowest BCUT2D eigenvalue weighted by atomic mass is 9.86. The second kappa shape index (κ2) is 3.18. The number of carbonyl (C=O) groups excluding carboxylic acids is 2. The van der Waals surface area contributed by atoms with Crippen LogP contribution < -0.4 is 5.32 Å². The summed E-state index contributed by atoms with van der Waals surface area (Å²) in [6.45, 7) is 3.79. The van der Waals surface area contributed by atoms with Gasteiger partial charge in [-0.3, -0.25) is 10.1 Å². The first-order chi connectivity index (χ1) is 7.41. The van der Waals surface area contributed by atoms with Gasteiger partial charge in [-0.15, -0.1) is 0 Å². The van der Waals surface area contributed by atoms with Gasteiger partial charge in [0.15, 0.2) is 11.1 Å². The van der Waals surface area contributed by atoms with Crippen LogP contribution in [0.5, 0.6) is 0 Å². The largest absolute Gasteiger partial charge is 0.467 e. The second-order valence-corrected chi connectivity index (χ2v) is 4.54. The molecule has 2 aliphatic heterocycles. The molecule has 2 saturated heterocycles. The average Bonchev–Trinajstić information content (AvgIpc) is 2.63. The van der Waals surface area contributed by atoms with Crippen LogP contribution in [0.2, 0.25) is 0 Å². The molecule has 0 radical (unpaired) electrons. The normalized spacial score (nSPS) is 41.6. The summed E-state index contributed by atoms with van der Waals surface area (Å²) in [5.41, 5.74) is -1.79. The molecule has 16 heavy (non-hydrogen) atoms. The van der Waals surface area contributed by atoms with Gasteiger partial charge in [0.2, 0.25) is 0 Å². The summed E-state index contributed by atoms with van der Waals surface area (Å²) in [6.07, 6.45) is -0.255. The molecule has 3 atom stereocenters. The molecule has 1 amide bonds. The lowest BCUT2D eigenvalue weighted by Gasteiger charge is -2.52. The Labute approximate surface area is 93.9 Å². The maximum atomic E-state index is 12.0. The van der Waals surface area contributed by atoms with Crippen molar-refractivity contribution in [3.05, 3.63) is 0 Å². The number of hydrogen-bond donors (Lipinski definition) is 1. The van der Waals surface area contributed by atoms with Crippen LogP contribution in [-0.4, -0.2) is 54.8 Å². The fraction of sp³-hybridized carbons (Fsp3) is 0.800. The number of nitrogens with one attached hydrogen (secondary N) is 1. The molecule has 2 rings (SSSR count). The molecule has 1 N–H and O–H groups in total. The zero-order valence-corrected chi connectivity index (χ0v) is 9.86. The summed E-state index contributed by atoms with van der Waals surface area (Å²) < 4.78 is 9.93. The average molecular weight is 228 g/mol. The Kier molecular flexibility index (Phi) is 2.25. The predicted molar refractivity (Wildman–Crippen MR) is 54.5 cm³/mol. The van der Waals surface area contributed by atoms with Gasteiger partial charge in [-0.2, -0.15) is 0 Å². The van der Waals surface area contributed by atoms with Crippen LogP contribution in [-0.2, 0) is 19.1 Å². The van der Waals surface area contributed by atoms with Gasteiger partial charge in [0, 0.05) is 13.7 Å². The van der Waals surface area contributed by atoms with Crippen molar-refractivity contribution in [1.29, 1.82) is 0 Å². The number of rotatable bonds is 2. The standard InChI is InChI=1S/C10H16N2O4/c1-9(8(14)15-3)5-11-6-10(2,16-4)7(13)12(6)9/h6,11H,5H2,1-4H3/t6-,9+,10+/m1/s1. The molecule has 0 unspecified atom stereocenters. The van der Waals surface area contributed by atoms with Gasteiger partial charge in [0.05, 0.1) is 7.11 Å². The molecule has 2 aliphatic rings. The molecular formula is C10H16N2O4. The van der Waals surface area contributed by atoms with E-state index in [9.17, 15) is 9.59 Å². The van der Waals surface area contributed by atoms with Gasteiger partial charge < -0.3 is 14.4 Å². The van der Waals surface area contributed by atoms with Gasteiger partial charge in [-0.05, 0) is 13.8 Å². The monoisotopic (exact) mass is 228 g/mol. The quantitative estimate of drug-likeness (QED) is 0.490. The van der Waals surface area contributed by atoms with Gasteiger partial charge in [-0.25, -0.2) is 4.79 Å². The summed E-state index contributed by atoms with van der Waals surface area (Å²) in [5, 5.41) is 3.11. The number of β-lactam (4-membered cyclic amide) rings is 1. The van der Waals surface area contributed by atoms with Gasteiger partial charge in [-0.1, -0.05) is 0 Å². The molecule has 0 aliphatic carbocycles. The maximum Gasteiger partial charge on any atom is 0.332 e. The van der Waals surface area contributed by atoms with Crippen LogP contribution in [0.1, 0.15) is 13.8 Å². The molecule has 0 aromatic carbocycles. The van der Waals surface area contributed by atoms with E-state index in [4.69, 9.17) is 9.47 Å². The number of carbonyl (C=O) groups is 2. The maximum absolute atomic E-state index is 12.0. The molecule has 6 nitrogen and oxygen atoms in total. The highest BCUT2D eigenvalue weighted by atomic mass is 16.5. The van der Waals surface area contributed by atoms with Crippen molar-refractivity contribution in [1.82, 2.24) is 10.2 Å². The van der Waals surface area contributed by atoms with Gasteiger partial charge >= 0.3 is 5.97 Å². The Morgan fingerprint density at radius 1 is 1.50 bits per heavy atom. The third-order valence-electron chi connectivity index (χ3n) is 3.64. The van der Waals surface area contributed by atoms with E-state index in [0.29, 0.717) is 6.54 Å². The van der Waals surface area contributed by atoms with Crippen LogP contribution >= 0.6 is 0 Å². The first-order valence-corrected chi connectivity index (χ1v) is 5.12. The Hall–Kier alpha value is -1.14. The number of methoxy groups -OCH3 is 2. The highest BCUT2D eigenvalue weighted by Gasteiger charge is 2.69. The van der Waals surface area contributed by atoms with E-state index in [1.165, 1.54) is 19.1 Å². The summed E-state index contributed by atoms with van der Waals surface area (Å²) in [5.74, 6) is -0.591. The molecule has 90 valence electrons. The number of nitrogens with zero attached hydrogens (tertiary/aromatic N) is 1. The van der Waals surface area contributed by atoms with E-state index in [0.717, 1.165) is 0 Å².